The van der Waals surface area contributed by atoms with Crippen molar-refractivity contribution in [3.8, 4) is 0 Å². The summed E-state index contributed by atoms with van der Waals surface area (Å²) in [7, 11) is 0. The van der Waals surface area contributed by atoms with Crippen LogP contribution in [0.25, 0.3) is 0 Å². The van der Waals surface area contributed by atoms with Crippen molar-refractivity contribution in [3.05, 3.63) is 28.5 Å². The van der Waals surface area contributed by atoms with Crippen molar-refractivity contribution >= 4 is 15.9 Å². The molecule has 1 aliphatic heterocycles. The molecule has 1 aromatic rings. The van der Waals surface area contributed by atoms with Crippen LogP contribution in [0.2, 0.25) is 0 Å². The molecule has 1 aromatic heterocycles. The molecule has 2 nitrogen and oxygen atoms in total. The van der Waals surface area contributed by atoms with Crippen LogP contribution in [0.4, 0.5) is 0 Å². The number of likely N-dealkylation sites (tertiary alicyclic amines) is 1. The number of hydrogen-bond donors (Lipinski definition) is 0. The van der Waals surface area contributed by atoms with Gasteiger partial charge in [0.05, 0.1) is 0 Å². The van der Waals surface area contributed by atoms with E-state index >= 15 is 0 Å². The summed E-state index contributed by atoms with van der Waals surface area (Å²) in [5.41, 5.74) is 1.35. The molecule has 2 heterocycles. The second-order valence-corrected chi connectivity index (χ2v) is 6.03. The number of pyridine rings is 1. The van der Waals surface area contributed by atoms with E-state index in [1.807, 2.05) is 12.3 Å². The molecule has 0 spiro atoms. The molecule has 0 amide bonds. The quantitative estimate of drug-likeness (QED) is 0.783. The van der Waals surface area contributed by atoms with Gasteiger partial charge in [0.15, 0.2) is 0 Å². The van der Waals surface area contributed by atoms with Gasteiger partial charge < -0.3 is 0 Å². The van der Waals surface area contributed by atoms with Crippen molar-refractivity contribution in [2.24, 2.45) is 5.92 Å². The van der Waals surface area contributed by atoms with Crippen LogP contribution in [0, 0.1) is 5.92 Å². The lowest BCUT2D eigenvalue weighted by Crippen LogP contribution is -2.36. The van der Waals surface area contributed by atoms with E-state index in [1.54, 1.807) is 0 Å². The van der Waals surface area contributed by atoms with Crippen LogP contribution >= 0.6 is 15.9 Å². The van der Waals surface area contributed by atoms with E-state index in [1.165, 1.54) is 37.9 Å². The Morgan fingerprint density at radius 3 is 3.00 bits per heavy atom. The first-order valence-corrected chi connectivity index (χ1v) is 7.32. The fourth-order valence-electron chi connectivity index (χ4n) is 2.68. The second kappa shape index (κ2) is 5.96. The Morgan fingerprint density at radius 2 is 2.29 bits per heavy atom. The molecule has 1 saturated heterocycles. The van der Waals surface area contributed by atoms with Crippen molar-refractivity contribution in [2.45, 2.75) is 39.2 Å². The molecule has 1 aliphatic rings. The lowest BCUT2D eigenvalue weighted by Gasteiger charge is -2.37. The van der Waals surface area contributed by atoms with Crippen molar-refractivity contribution in [1.29, 1.82) is 0 Å². The zero-order valence-electron chi connectivity index (χ0n) is 10.7. The Bertz CT molecular complexity index is 365. The van der Waals surface area contributed by atoms with Crippen LogP contribution in [0.5, 0.6) is 0 Å². The highest BCUT2D eigenvalue weighted by Gasteiger charge is 2.25. The van der Waals surface area contributed by atoms with Gasteiger partial charge in [0, 0.05) is 24.3 Å². The summed E-state index contributed by atoms with van der Waals surface area (Å²) in [6, 6.07) is 4.80. The van der Waals surface area contributed by atoms with E-state index in [2.05, 4.69) is 45.7 Å². The SMILES string of the molecule is CC(C)CN1CCCC[C@H]1c1cccnc1Br. The molecule has 3 heteroatoms. The maximum atomic E-state index is 4.36. The van der Waals surface area contributed by atoms with Crippen LogP contribution in [-0.4, -0.2) is 23.0 Å². The molecule has 1 fully saturated rings. The van der Waals surface area contributed by atoms with Crippen LogP contribution in [0.1, 0.15) is 44.7 Å². The van der Waals surface area contributed by atoms with E-state index in [0.717, 1.165) is 10.5 Å². The monoisotopic (exact) mass is 296 g/mol. The first-order chi connectivity index (χ1) is 8.18. The number of aromatic nitrogens is 1. The van der Waals surface area contributed by atoms with Gasteiger partial charge in [-0.2, -0.15) is 0 Å². The van der Waals surface area contributed by atoms with Crippen molar-refractivity contribution in [3.63, 3.8) is 0 Å². The zero-order chi connectivity index (χ0) is 12.3. The molecule has 0 radical (unpaired) electrons. The summed E-state index contributed by atoms with van der Waals surface area (Å²) < 4.78 is 1.01. The third kappa shape index (κ3) is 3.29. The van der Waals surface area contributed by atoms with E-state index in [-0.39, 0.29) is 0 Å². The van der Waals surface area contributed by atoms with E-state index in [0.29, 0.717) is 6.04 Å². The van der Waals surface area contributed by atoms with Crippen molar-refractivity contribution in [1.82, 2.24) is 9.88 Å². The van der Waals surface area contributed by atoms with Gasteiger partial charge in [-0.1, -0.05) is 26.3 Å². The summed E-state index contributed by atoms with van der Waals surface area (Å²) in [6.45, 7) is 7.00. The smallest absolute Gasteiger partial charge is 0.110 e. The highest BCUT2D eigenvalue weighted by molar-refractivity contribution is 9.10. The molecule has 94 valence electrons. The van der Waals surface area contributed by atoms with Gasteiger partial charge in [0.25, 0.3) is 0 Å². The standard InChI is InChI=1S/C14H21BrN2/c1-11(2)10-17-9-4-3-7-13(17)12-6-5-8-16-14(12)15/h5-6,8,11,13H,3-4,7,9-10H2,1-2H3/t13-/m0/s1. The lowest BCUT2D eigenvalue weighted by atomic mass is 9.95. The third-order valence-corrected chi connectivity index (χ3v) is 4.02. The number of piperidine rings is 1. The normalized spacial score (nSPS) is 22.0. The molecule has 0 aromatic carbocycles. The van der Waals surface area contributed by atoms with Crippen molar-refractivity contribution in [2.75, 3.05) is 13.1 Å². The van der Waals surface area contributed by atoms with Crippen LogP contribution in [-0.2, 0) is 0 Å². The number of rotatable bonds is 3. The predicted octanol–water partition coefficient (Wildman–Crippen LogP) is 4.03. The molecular weight excluding hydrogens is 276 g/mol. The summed E-state index contributed by atoms with van der Waals surface area (Å²) in [6.07, 6.45) is 5.78. The first-order valence-electron chi connectivity index (χ1n) is 6.53. The molecular formula is C14H21BrN2. The van der Waals surface area contributed by atoms with Crippen LogP contribution in [0.15, 0.2) is 22.9 Å². The Hall–Kier alpha value is -0.410. The van der Waals surface area contributed by atoms with E-state index < -0.39 is 0 Å². The lowest BCUT2D eigenvalue weighted by molar-refractivity contribution is 0.131. The average molecular weight is 297 g/mol. The number of halogens is 1. The Labute approximate surface area is 113 Å². The minimum absolute atomic E-state index is 0.550. The molecule has 1 atom stereocenters. The summed E-state index contributed by atoms with van der Waals surface area (Å²) in [5.74, 6) is 0.728. The molecule has 2 rings (SSSR count). The van der Waals surface area contributed by atoms with Gasteiger partial charge in [-0.3, -0.25) is 4.90 Å². The highest BCUT2D eigenvalue weighted by atomic mass is 79.9. The minimum Gasteiger partial charge on any atom is -0.296 e. The fourth-order valence-corrected chi connectivity index (χ4v) is 3.19. The minimum atomic E-state index is 0.550. The summed E-state index contributed by atoms with van der Waals surface area (Å²) in [5, 5.41) is 0. The molecule has 0 saturated carbocycles. The van der Waals surface area contributed by atoms with Crippen LogP contribution < -0.4 is 0 Å². The Balaban J connectivity index is 2.19. The number of nitrogens with zero attached hydrogens (tertiary/aromatic N) is 2. The summed E-state index contributed by atoms with van der Waals surface area (Å²) in [4.78, 5) is 6.98. The first kappa shape index (κ1) is 13.0. The van der Waals surface area contributed by atoms with Crippen molar-refractivity contribution < 1.29 is 0 Å². The third-order valence-electron chi connectivity index (χ3n) is 3.36. The van der Waals surface area contributed by atoms with Gasteiger partial charge >= 0.3 is 0 Å². The maximum absolute atomic E-state index is 4.36. The Kier molecular flexibility index (Phi) is 4.57. The second-order valence-electron chi connectivity index (χ2n) is 5.28. The van der Waals surface area contributed by atoms with Gasteiger partial charge in [0.1, 0.15) is 4.60 Å². The topological polar surface area (TPSA) is 16.1 Å². The van der Waals surface area contributed by atoms with Gasteiger partial charge in [-0.05, 0) is 47.3 Å². The van der Waals surface area contributed by atoms with Crippen LogP contribution in [0.3, 0.4) is 0 Å². The zero-order valence-corrected chi connectivity index (χ0v) is 12.3. The largest absolute Gasteiger partial charge is 0.296 e. The molecule has 0 unspecified atom stereocenters. The molecule has 0 N–H and O–H groups in total. The molecule has 0 bridgehead atoms. The average Bonchev–Trinajstić information content (AvgIpc) is 2.30. The highest BCUT2D eigenvalue weighted by Crippen LogP contribution is 2.34. The maximum Gasteiger partial charge on any atom is 0.110 e. The fraction of sp³-hybridized carbons (Fsp3) is 0.643. The van der Waals surface area contributed by atoms with E-state index in [9.17, 15) is 0 Å². The Morgan fingerprint density at radius 1 is 1.47 bits per heavy atom. The van der Waals surface area contributed by atoms with Gasteiger partial charge in [0.2, 0.25) is 0 Å². The van der Waals surface area contributed by atoms with Gasteiger partial charge in [-0.25, -0.2) is 4.98 Å². The number of hydrogen-bond acceptors (Lipinski definition) is 2. The van der Waals surface area contributed by atoms with E-state index in [4.69, 9.17) is 0 Å². The summed E-state index contributed by atoms with van der Waals surface area (Å²) >= 11 is 3.59. The van der Waals surface area contributed by atoms with Gasteiger partial charge in [-0.15, -0.1) is 0 Å². The molecule has 0 aliphatic carbocycles. The molecule has 17 heavy (non-hydrogen) atoms. The predicted molar refractivity (Wildman–Crippen MR) is 74.9 cm³/mol.